The summed E-state index contributed by atoms with van der Waals surface area (Å²) in [6.07, 6.45) is 3.73. The van der Waals surface area contributed by atoms with Crippen molar-refractivity contribution in [3.63, 3.8) is 0 Å². The fourth-order valence-corrected chi connectivity index (χ4v) is 2.15. The molecule has 5 nitrogen and oxygen atoms in total. The summed E-state index contributed by atoms with van der Waals surface area (Å²) in [6, 6.07) is 0.737. The number of nitrogens with one attached hydrogen (secondary N) is 2. The monoisotopic (exact) mass is 239 g/mol. The first kappa shape index (κ1) is 12.4. The van der Waals surface area contributed by atoms with Crippen molar-refractivity contribution in [2.45, 2.75) is 31.7 Å². The Hall–Kier alpha value is -1.10. The Kier molecular flexibility index (Phi) is 3.99. The molecule has 1 unspecified atom stereocenters. The van der Waals surface area contributed by atoms with Gasteiger partial charge in [-0.05, 0) is 26.3 Å². The van der Waals surface area contributed by atoms with Gasteiger partial charge in [-0.1, -0.05) is 0 Å². The molecule has 0 aromatic heterocycles. The molecule has 0 aromatic carbocycles. The highest BCUT2D eigenvalue weighted by molar-refractivity contribution is 5.83. The molecule has 0 radical (unpaired) electrons. The fraction of sp³-hybridized carbons (Fsp3) is 0.833. The topological polar surface area (TPSA) is 61.4 Å². The molecule has 2 amide bonds. The number of amides is 2. The first-order chi connectivity index (χ1) is 8.16. The van der Waals surface area contributed by atoms with Gasteiger partial charge in [0.15, 0.2) is 0 Å². The molecule has 1 aliphatic heterocycles. The van der Waals surface area contributed by atoms with Crippen molar-refractivity contribution in [3.05, 3.63) is 0 Å². The zero-order valence-electron chi connectivity index (χ0n) is 10.4. The number of hydrogen-bond acceptors (Lipinski definition) is 3. The van der Waals surface area contributed by atoms with Gasteiger partial charge >= 0.3 is 0 Å². The van der Waals surface area contributed by atoms with E-state index in [1.807, 2.05) is 0 Å². The fourth-order valence-electron chi connectivity index (χ4n) is 2.15. The predicted octanol–water partition coefficient (Wildman–Crippen LogP) is -0.277. The molecular formula is C12H21N3O2. The van der Waals surface area contributed by atoms with E-state index in [1.165, 1.54) is 12.8 Å². The van der Waals surface area contributed by atoms with Crippen molar-refractivity contribution >= 4 is 11.8 Å². The van der Waals surface area contributed by atoms with E-state index in [4.69, 9.17) is 0 Å². The maximum absolute atomic E-state index is 11.8. The number of carbonyl (C=O) groups excluding carboxylic acids is 2. The number of rotatable bonds is 5. The molecule has 5 heteroatoms. The Balaban J connectivity index is 1.61. The Bertz CT molecular complexity index is 292. The molecule has 1 saturated carbocycles. The third-order valence-corrected chi connectivity index (χ3v) is 3.57. The second kappa shape index (κ2) is 5.49. The highest BCUT2D eigenvalue weighted by atomic mass is 16.2. The smallest absolute Gasteiger partial charge is 0.224 e. The van der Waals surface area contributed by atoms with E-state index in [0.29, 0.717) is 25.9 Å². The van der Waals surface area contributed by atoms with Crippen LogP contribution < -0.4 is 10.6 Å². The third-order valence-electron chi connectivity index (χ3n) is 3.57. The van der Waals surface area contributed by atoms with Crippen molar-refractivity contribution in [3.8, 4) is 0 Å². The van der Waals surface area contributed by atoms with E-state index >= 15 is 0 Å². The van der Waals surface area contributed by atoms with Gasteiger partial charge in [-0.2, -0.15) is 0 Å². The lowest BCUT2D eigenvalue weighted by molar-refractivity contribution is -0.128. The number of hydrogen-bond donors (Lipinski definition) is 2. The molecule has 0 bridgehead atoms. The molecule has 2 fully saturated rings. The van der Waals surface area contributed by atoms with Crippen molar-refractivity contribution in [2.75, 3.05) is 26.7 Å². The van der Waals surface area contributed by atoms with Gasteiger partial charge in [0, 0.05) is 32.1 Å². The lowest BCUT2D eigenvalue weighted by Gasteiger charge is -2.22. The number of carbonyl (C=O) groups is 2. The van der Waals surface area contributed by atoms with Crippen LogP contribution >= 0.6 is 0 Å². The molecule has 2 rings (SSSR count). The van der Waals surface area contributed by atoms with Crippen LogP contribution in [0.2, 0.25) is 0 Å². The van der Waals surface area contributed by atoms with Crippen LogP contribution in [0, 0.1) is 5.92 Å². The minimum absolute atomic E-state index is 0.0427. The molecule has 17 heavy (non-hydrogen) atoms. The van der Waals surface area contributed by atoms with Crippen molar-refractivity contribution in [1.29, 1.82) is 0 Å². The van der Waals surface area contributed by atoms with Gasteiger partial charge in [0.2, 0.25) is 11.8 Å². The van der Waals surface area contributed by atoms with Crippen LogP contribution in [0.15, 0.2) is 0 Å². The van der Waals surface area contributed by atoms with Crippen LogP contribution in [0.5, 0.6) is 0 Å². The van der Waals surface area contributed by atoms with E-state index in [1.54, 1.807) is 0 Å². The maximum Gasteiger partial charge on any atom is 0.224 e. The van der Waals surface area contributed by atoms with Gasteiger partial charge in [-0.25, -0.2) is 0 Å². The SMILES string of the molecule is CN(CCNC(=O)C1CCC(=O)NC1)C1CC1. The van der Waals surface area contributed by atoms with Crippen LogP contribution in [-0.4, -0.2) is 49.4 Å². The Morgan fingerprint density at radius 1 is 1.47 bits per heavy atom. The summed E-state index contributed by atoms with van der Waals surface area (Å²) in [6.45, 7) is 2.11. The third kappa shape index (κ3) is 3.70. The van der Waals surface area contributed by atoms with E-state index in [9.17, 15) is 9.59 Å². The number of nitrogens with zero attached hydrogens (tertiary/aromatic N) is 1. The van der Waals surface area contributed by atoms with Gasteiger partial charge < -0.3 is 15.5 Å². The van der Waals surface area contributed by atoms with Gasteiger partial charge in [-0.3, -0.25) is 9.59 Å². The van der Waals surface area contributed by atoms with Crippen molar-refractivity contribution < 1.29 is 9.59 Å². The van der Waals surface area contributed by atoms with Crippen molar-refractivity contribution in [1.82, 2.24) is 15.5 Å². The lowest BCUT2D eigenvalue weighted by atomic mass is 9.98. The molecule has 1 heterocycles. The Labute approximate surface area is 102 Å². The lowest BCUT2D eigenvalue weighted by Crippen LogP contribution is -2.44. The first-order valence-electron chi connectivity index (χ1n) is 6.41. The molecule has 1 aliphatic carbocycles. The first-order valence-corrected chi connectivity index (χ1v) is 6.41. The summed E-state index contributed by atoms with van der Waals surface area (Å²) in [5, 5.41) is 5.68. The minimum Gasteiger partial charge on any atom is -0.355 e. The van der Waals surface area contributed by atoms with E-state index < -0.39 is 0 Å². The molecule has 2 N–H and O–H groups in total. The van der Waals surface area contributed by atoms with Crippen LogP contribution in [0.1, 0.15) is 25.7 Å². The van der Waals surface area contributed by atoms with Crippen molar-refractivity contribution in [2.24, 2.45) is 5.92 Å². The van der Waals surface area contributed by atoms with Crippen LogP contribution in [0.4, 0.5) is 0 Å². The van der Waals surface area contributed by atoms with Crippen LogP contribution in [0.25, 0.3) is 0 Å². The average Bonchev–Trinajstić information content (AvgIpc) is 3.13. The molecule has 1 saturated heterocycles. The summed E-state index contributed by atoms with van der Waals surface area (Å²) in [4.78, 5) is 25.1. The zero-order chi connectivity index (χ0) is 12.3. The number of piperidine rings is 1. The molecular weight excluding hydrogens is 218 g/mol. The van der Waals surface area contributed by atoms with Gasteiger partial charge in [0.1, 0.15) is 0 Å². The average molecular weight is 239 g/mol. The molecule has 0 aromatic rings. The normalized spacial score (nSPS) is 24.6. The van der Waals surface area contributed by atoms with Gasteiger partial charge in [0.25, 0.3) is 0 Å². The summed E-state index contributed by atoms with van der Waals surface area (Å²) in [5.41, 5.74) is 0. The second-order valence-corrected chi connectivity index (χ2v) is 5.04. The summed E-state index contributed by atoms with van der Waals surface area (Å²) < 4.78 is 0. The standard InChI is InChI=1S/C12H21N3O2/c1-15(10-3-4-10)7-6-13-12(17)9-2-5-11(16)14-8-9/h9-10H,2-8H2,1H3,(H,13,17)(H,14,16). The molecule has 0 spiro atoms. The van der Waals surface area contributed by atoms with Gasteiger partial charge in [-0.15, -0.1) is 0 Å². The quantitative estimate of drug-likeness (QED) is 0.694. The Morgan fingerprint density at radius 2 is 2.24 bits per heavy atom. The maximum atomic E-state index is 11.8. The van der Waals surface area contributed by atoms with Gasteiger partial charge in [0.05, 0.1) is 5.92 Å². The zero-order valence-corrected chi connectivity index (χ0v) is 10.4. The van der Waals surface area contributed by atoms with Crippen LogP contribution in [0.3, 0.4) is 0 Å². The summed E-state index contributed by atoms with van der Waals surface area (Å²) in [5.74, 6) is 0.0932. The predicted molar refractivity (Wildman–Crippen MR) is 64.4 cm³/mol. The van der Waals surface area contributed by atoms with E-state index in [2.05, 4.69) is 22.6 Å². The van der Waals surface area contributed by atoms with E-state index in [0.717, 1.165) is 12.6 Å². The molecule has 2 aliphatic rings. The molecule has 96 valence electrons. The minimum atomic E-state index is -0.0427. The van der Waals surface area contributed by atoms with E-state index in [-0.39, 0.29) is 17.7 Å². The highest BCUT2D eigenvalue weighted by Gasteiger charge is 2.26. The summed E-state index contributed by atoms with van der Waals surface area (Å²) in [7, 11) is 2.10. The van der Waals surface area contributed by atoms with Crippen LogP contribution in [-0.2, 0) is 9.59 Å². The number of likely N-dealkylation sites (N-methyl/N-ethyl adjacent to an activating group) is 1. The summed E-state index contributed by atoms with van der Waals surface area (Å²) >= 11 is 0. The second-order valence-electron chi connectivity index (χ2n) is 5.04. The molecule has 1 atom stereocenters. The highest BCUT2D eigenvalue weighted by Crippen LogP contribution is 2.24. The Morgan fingerprint density at radius 3 is 2.82 bits per heavy atom. The largest absolute Gasteiger partial charge is 0.355 e.